The van der Waals surface area contributed by atoms with E-state index in [0.29, 0.717) is 5.75 Å². The van der Waals surface area contributed by atoms with Gasteiger partial charge in [0.1, 0.15) is 11.8 Å². The van der Waals surface area contributed by atoms with Gasteiger partial charge in [-0.3, -0.25) is 4.79 Å². The molecule has 2 aromatic carbocycles. The van der Waals surface area contributed by atoms with Gasteiger partial charge in [-0.1, -0.05) is 17.7 Å². The van der Waals surface area contributed by atoms with Crippen LogP contribution in [0.25, 0.3) is 0 Å². The molecule has 0 aliphatic rings. The van der Waals surface area contributed by atoms with Crippen molar-refractivity contribution in [3.63, 3.8) is 0 Å². The Labute approximate surface area is 140 Å². The first-order chi connectivity index (χ1) is 11.7. The number of ether oxygens (including phenoxy) is 1. The van der Waals surface area contributed by atoms with Crippen molar-refractivity contribution in [3.05, 3.63) is 59.7 Å². The molecule has 0 bridgehead atoms. The first-order valence-electron chi connectivity index (χ1n) is 7.39. The third kappa shape index (κ3) is 5.81. The van der Waals surface area contributed by atoms with Gasteiger partial charge in [-0.05, 0) is 48.9 Å². The maximum Gasteiger partial charge on any atom is 0.259 e. The summed E-state index contributed by atoms with van der Waals surface area (Å²) in [5.74, 6) is 0.376. The summed E-state index contributed by atoms with van der Waals surface area (Å²) in [4.78, 5) is 11.7. The maximum absolute atomic E-state index is 11.7. The van der Waals surface area contributed by atoms with E-state index < -0.39 is 0 Å². The molecule has 2 rings (SSSR count). The molecule has 24 heavy (non-hydrogen) atoms. The zero-order valence-electron chi connectivity index (χ0n) is 13.3. The summed E-state index contributed by atoms with van der Waals surface area (Å²) in [6, 6.07) is 16.7. The minimum Gasteiger partial charge on any atom is -0.479 e. The summed E-state index contributed by atoms with van der Waals surface area (Å²) in [7, 11) is 0. The number of hydrogen-bond acceptors (Lipinski definition) is 5. The van der Waals surface area contributed by atoms with Gasteiger partial charge in [0.2, 0.25) is 0 Å². The lowest BCUT2D eigenvalue weighted by Crippen LogP contribution is -2.25. The first-order valence-corrected chi connectivity index (χ1v) is 7.39. The van der Waals surface area contributed by atoms with Crippen LogP contribution in [-0.2, 0) is 4.79 Å². The Balaban J connectivity index is 1.75. The molecule has 0 saturated heterocycles. The Hall–Kier alpha value is -3.33. The summed E-state index contributed by atoms with van der Waals surface area (Å²) in [5, 5.41) is 15.4. The van der Waals surface area contributed by atoms with E-state index in [0.717, 1.165) is 11.3 Å². The fourth-order valence-corrected chi connectivity index (χ4v) is 1.84. The van der Waals surface area contributed by atoms with Gasteiger partial charge in [0, 0.05) is 5.69 Å². The normalized spacial score (nSPS) is 10.2. The number of nitrogens with zero attached hydrogens (tertiary/aromatic N) is 2. The minimum atomic E-state index is -0.235. The van der Waals surface area contributed by atoms with Crippen molar-refractivity contribution in [1.29, 1.82) is 5.26 Å². The fourth-order valence-electron chi connectivity index (χ4n) is 1.84. The number of hydrazone groups is 1. The monoisotopic (exact) mass is 322 g/mol. The topological polar surface area (TPSA) is 86.5 Å². The van der Waals surface area contributed by atoms with Crippen molar-refractivity contribution in [2.75, 3.05) is 18.5 Å². The maximum atomic E-state index is 11.7. The van der Waals surface area contributed by atoms with Crippen LogP contribution in [0.5, 0.6) is 5.75 Å². The van der Waals surface area contributed by atoms with Crippen LogP contribution in [0.15, 0.2) is 53.6 Å². The van der Waals surface area contributed by atoms with E-state index in [1.165, 1.54) is 11.8 Å². The smallest absolute Gasteiger partial charge is 0.259 e. The molecule has 0 aliphatic heterocycles. The number of carbonyl (C=O) groups excluding carboxylic acids is 1. The molecular formula is C18H18N4O2. The van der Waals surface area contributed by atoms with Gasteiger partial charge >= 0.3 is 0 Å². The molecular weight excluding hydrogens is 304 g/mol. The first kappa shape index (κ1) is 17.0. The predicted octanol–water partition coefficient (Wildman–Crippen LogP) is 2.46. The van der Waals surface area contributed by atoms with Gasteiger partial charge < -0.3 is 10.1 Å². The molecule has 0 unspecified atom stereocenters. The van der Waals surface area contributed by atoms with Crippen molar-refractivity contribution in [2.24, 2.45) is 5.10 Å². The van der Waals surface area contributed by atoms with E-state index in [-0.39, 0.29) is 19.1 Å². The van der Waals surface area contributed by atoms with Crippen LogP contribution < -0.4 is 15.5 Å². The Morgan fingerprint density at radius 2 is 1.92 bits per heavy atom. The molecule has 0 spiro atoms. The molecule has 1 amide bonds. The average molecular weight is 322 g/mol. The number of nitrogens with one attached hydrogen (secondary N) is 2. The molecule has 0 radical (unpaired) electrons. The van der Waals surface area contributed by atoms with E-state index in [2.05, 4.69) is 15.8 Å². The van der Waals surface area contributed by atoms with Crippen LogP contribution in [-0.4, -0.2) is 25.3 Å². The lowest BCUT2D eigenvalue weighted by atomic mass is 10.2. The number of rotatable bonds is 7. The van der Waals surface area contributed by atoms with Crippen LogP contribution in [0, 0.1) is 18.3 Å². The van der Waals surface area contributed by atoms with Gasteiger partial charge in [-0.2, -0.15) is 10.4 Å². The van der Waals surface area contributed by atoms with Gasteiger partial charge in [0.15, 0.2) is 6.61 Å². The van der Waals surface area contributed by atoms with Crippen LogP contribution in [0.4, 0.5) is 5.69 Å². The Kier molecular flexibility index (Phi) is 6.35. The quantitative estimate of drug-likeness (QED) is 0.605. The highest BCUT2D eigenvalue weighted by atomic mass is 16.5. The van der Waals surface area contributed by atoms with Crippen LogP contribution in [0.3, 0.4) is 0 Å². The fraction of sp³-hybridized carbons (Fsp3) is 0.167. The van der Waals surface area contributed by atoms with Crippen LogP contribution in [0.1, 0.15) is 11.1 Å². The molecule has 6 heteroatoms. The molecule has 0 heterocycles. The SMILES string of the molecule is Cc1ccc(NCC(=O)N/N=C\c2ccc(OCC#N)cc2)cc1. The standard InChI is InChI=1S/C18H18N4O2/c1-14-2-6-16(7-3-14)20-13-18(23)22-21-12-15-4-8-17(9-5-15)24-11-10-19/h2-9,12,20H,11,13H2,1H3,(H,22,23)/b21-12-. The van der Waals surface area contributed by atoms with E-state index in [4.69, 9.17) is 10.00 Å². The van der Waals surface area contributed by atoms with Gasteiger partial charge in [0.05, 0.1) is 12.8 Å². The molecule has 0 atom stereocenters. The molecule has 122 valence electrons. The second-order valence-electron chi connectivity index (χ2n) is 5.03. The average Bonchev–Trinajstić information content (AvgIpc) is 2.60. The lowest BCUT2D eigenvalue weighted by Gasteiger charge is -2.05. The molecule has 6 nitrogen and oxygen atoms in total. The number of hydrogen-bond donors (Lipinski definition) is 2. The number of aryl methyl sites for hydroxylation is 1. The zero-order valence-corrected chi connectivity index (χ0v) is 13.3. The summed E-state index contributed by atoms with van der Waals surface area (Å²) < 4.78 is 5.15. The van der Waals surface area contributed by atoms with Crippen molar-refractivity contribution in [1.82, 2.24) is 5.43 Å². The summed E-state index contributed by atoms with van der Waals surface area (Å²) in [6.45, 7) is 2.16. The van der Waals surface area contributed by atoms with Gasteiger partial charge in [-0.15, -0.1) is 0 Å². The molecule has 2 N–H and O–H groups in total. The summed E-state index contributed by atoms with van der Waals surface area (Å²) >= 11 is 0. The minimum absolute atomic E-state index is 0.0114. The second-order valence-corrected chi connectivity index (χ2v) is 5.03. The van der Waals surface area contributed by atoms with E-state index in [9.17, 15) is 4.79 Å². The molecule has 0 saturated carbocycles. The number of benzene rings is 2. The second kappa shape index (κ2) is 8.96. The Morgan fingerprint density at radius 3 is 2.58 bits per heavy atom. The third-order valence-electron chi connectivity index (χ3n) is 3.09. The van der Waals surface area contributed by atoms with Crippen LogP contribution >= 0.6 is 0 Å². The van der Waals surface area contributed by atoms with E-state index in [1.54, 1.807) is 24.3 Å². The number of nitriles is 1. The predicted molar refractivity (Wildman–Crippen MR) is 93.0 cm³/mol. The van der Waals surface area contributed by atoms with Crippen molar-refractivity contribution < 1.29 is 9.53 Å². The number of amides is 1. The van der Waals surface area contributed by atoms with Crippen molar-refractivity contribution in [3.8, 4) is 11.8 Å². The van der Waals surface area contributed by atoms with Gasteiger partial charge in [0.25, 0.3) is 5.91 Å². The van der Waals surface area contributed by atoms with Crippen molar-refractivity contribution >= 4 is 17.8 Å². The Bertz CT molecular complexity index is 731. The zero-order chi connectivity index (χ0) is 17.2. The highest BCUT2D eigenvalue weighted by Gasteiger charge is 1.99. The molecule has 0 aromatic heterocycles. The Morgan fingerprint density at radius 1 is 1.21 bits per heavy atom. The molecule has 2 aromatic rings. The van der Waals surface area contributed by atoms with Gasteiger partial charge in [-0.25, -0.2) is 5.43 Å². The van der Waals surface area contributed by atoms with E-state index >= 15 is 0 Å². The lowest BCUT2D eigenvalue weighted by molar-refractivity contribution is -0.119. The molecule has 0 aliphatic carbocycles. The summed E-state index contributed by atoms with van der Waals surface area (Å²) in [5.41, 5.74) is 5.31. The number of anilines is 1. The number of carbonyl (C=O) groups is 1. The third-order valence-corrected chi connectivity index (χ3v) is 3.09. The van der Waals surface area contributed by atoms with Crippen LogP contribution in [0.2, 0.25) is 0 Å². The largest absolute Gasteiger partial charge is 0.479 e. The highest BCUT2D eigenvalue weighted by molar-refractivity contribution is 5.84. The molecule has 0 fully saturated rings. The summed E-state index contributed by atoms with van der Waals surface area (Å²) in [6.07, 6.45) is 1.54. The highest BCUT2D eigenvalue weighted by Crippen LogP contribution is 2.10. The van der Waals surface area contributed by atoms with Crippen molar-refractivity contribution in [2.45, 2.75) is 6.92 Å². The van der Waals surface area contributed by atoms with E-state index in [1.807, 2.05) is 37.3 Å².